The number of carboxylic acid groups (broad SMARTS) is 1. The fourth-order valence-corrected chi connectivity index (χ4v) is 1.48. The molecule has 0 aliphatic heterocycles. The summed E-state index contributed by atoms with van der Waals surface area (Å²) in [7, 11) is 0. The number of benzene rings is 1. The summed E-state index contributed by atoms with van der Waals surface area (Å²) in [5.74, 6) is 0.0466. The van der Waals surface area contributed by atoms with E-state index in [-0.39, 0.29) is 5.69 Å². The average Bonchev–Trinajstić information content (AvgIpc) is 2.42. The van der Waals surface area contributed by atoms with Crippen LogP contribution < -0.4 is 10.1 Å². The predicted molar refractivity (Wildman–Crippen MR) is 69.9 cm³/mol. The van der Waals surface area contributed by atoms with Crippen molar-refractivity contribution in [3.8, 4) is 5.75 Å². The summed E-state index contributed by atoms with van der Waals surface area (Å²) in [5, 5.41) is 11.8. The van der Waals surface area contributed by atoms with Gasteiger partial charge in [0.25, 0.3) is 0 Å². The van der Waals surface area contributed by atoms with Gasteiger partial charge in [-0.2, -0.15) is 0 Å². The van der Waals surface area contributed by atoms with E-state index in [4.69, 9.17) is 9.84 Å². The molecule has 0 spiro atoms. The molecular formula is C13H13N3O3. The van der Waals surface area contributed by atoms with Crippen molar-refractivity contribution in [3.63, 3.8) is 0 Å². The van der Waals surface area contributed by atoms with Crippen LogP contribution in [0.15, 0.2) is 36.7 Å². The lowest BCUT2D eigenvalue weighted by Gasteiger charge is -2.07. The third-order valence-electron chi connectivity index (χ3n) is 2.29. The number of nitrogens with one attached hydrogen (secondary N) is 1. The minimum atomic E-state index is -1.11. The Morgan fingerprint density at radius 3 is 2.68 bits per heavy atom. The van der Waals surface area contributed by atoms with E-state index in [1.807, 2.05) is 31.2 Å². The Labute approximate surface area is 110 Å². The Kier molecular flexibility index (Phi) is 3.92. The van der Waals surface area contributed by atoms with Crippen molar-refractivity contribution in [1.29, 1.82) is 0 Å². The second-order valence-electron chi connectivity index (χ2n) is 3.68. The molecule has 0 saturated heterocycles. The lowest BCUT2D eigenvalue weighted by Crippen LogP contribution is -2.04. The van der Waals surface area contributed by atoms with E-state index >= 15 is 0 Å². The Morgan fingerprint density at radius 1 is 1.32 bits per heavy atom. The Balaban J connectivity index is 2.12. The van der Waals surface area contributed by atoms with E-state index in [2.05, 4.69) is 15.3 Å². The SMILES string of the molecule is CCOc1ccc(Nc2cncc(C(=O)O)n2)cc1. The first-order valence-corrected chi connectivity index (χ1v) is 5.74. The van der Waals surface area contributed by atoms with Gasteiger partial charge in [-0.25, -0.2) is 9.78 Å². The number of aromatic nitrogens is 2. The summed E-state index contributed by atoms with van der Waals surface area (Å²) in [6.07, 6.45) is 2.66. The summed E-state index contributed by atoms with van der Waals surface area (Å²) in [5.41, 5.74) is 0.677. The first-order chi connectivity index (χ1) is 9.19. The highest BCUT2D eigenvalue weighted by Gasteiger charge is 2.06. The molecule has 6 heteroatoms. The van der Waals surface area contributed by atoms with Gasteiger partial charge in [0.2, 0.25) is 0 Å². The molecule has 0 amide bonds. The highest BCUT2D eigenvalue weighted by Crippen LogP contribution is 2.18. The van der Waals surface area contributed by atoms with Crippen LogP contribution in [0.5, 0.6) is 5.75 Å². The van der Waals surface area contributed by atoms with Crippen LogP contribution in [0.4, 0.5) is 11.5 Å². The number of nitrogens with zero attached hydrogens (tertiary/aromatic N) is 2. The molecule has 0 radical (unpaired) electrons. The molecule has 0 aliphatic rings. The lowest BCUT2D eigenvalue weighted by molar-refractivity contribution is 0.0690. The van der Waals surface area contributed by atoms with Crippen LogP contribution in [-0.4, -0.2) is 27.7 Å². The van der Waals surface area contributed by atoms with Gasteiger partial charge in [-0.15, -0.1) is 0 Å². The number of hydrogen-bond acceptors (Lipinski definition) is 5. The molecule has 0 unspecified atom stereocenters. The highest BCUT2D eigenvalue weighted by atomic mass is 16.5. The Morgan fingerprint density at radius 2 is 2.05 bits per heavy atom. The van der Waals surface area contributed by atoms with Crippen LogP contribution in [0.2, 0.25) is 0 Å². The quantitative estimate of drug-likeness (QED) is 0.857. The zero-order valence-electron chi connectivity index (χ0n) is 10.3. The molecule has 1 aromatic carbocycles. The van der Waals surface area contributed by atoms with Gasteiger partial charge >= 0.3 is 5.97 Å². The minimum Gasteiger partial charge on any atom is -0.494 e. The summed E-state index contributed by atoms with van der Waals surface area (Å²) in [6, 6.07) is 7.28. The first kappa shape index (κ1) is 12.8. The summed E-state index contributed by atoms with van der Waals surface area (Å²) in [6.45, 7) is 2.53. The molecular weight excluding hydrogens is 246 g/mol. The molecule has 0 fully saturated rings. The molecule has 0 atom stereocenters. The molecule has 2 N–H and O–H groups in total. The van der Waals surface area contributed by atoms with E-state index in [1.165, 1.54) is 12.4 Å². The van der Waals surface area contributed by atoms with Crippen molar-refractivity contribution < 1.29 is 14.6 Å². The van der Waals surface area contributed by atoms with Gasteiger partial charge in [0.05, 0.1) is 19.0 Å². The van der Waals surface area contributed by atoms with Gasteiger partial charge in [0.1, 0.15) is 11.6 Å². The van der Waals surface area contributed by atoms with Gasteiger partial charge in [0.15, 0.2) is 5.69 Å². The van der Waals surface area contributed by atoms with Crippen molar-refractivity contribution in [2.24, 2.45) is 0 Å². The van der Waals surface area contributed by atoms with E-state index in [0.29, 0.717) is 12.4 Å². The summed E-state index contributed by atoms with van der Waals surface area (Å²) in [4.78, 5) is 18.5. The summed E-state index contributed by atoms with van der Waals surface area (Å²) < 4.78 is 5.33. The molecule has 0 bridgehead atoms. The second-order valence-corrected chi connectivity index (χ2v) is 3.68. The van der Waals surface area contributed by atoms with E-state index in [9.17, 15) is 4.79 Å². The fraction of sp³-hybridized carbons (Fsp3) is 0.154. The van der Waals surface area contributed by atoms with E-state index in [0.717, 1.165) is 11.4 Å². The Bertz CT molecular complexity index is 570. The van der Waals surface area contributed by atoms with Crippen molar-refractivity contribution in [1.82, 2.24) is 9.97 Å². The van der Waals surface area contributed by atoms with Crippen LogP contribution >= 0.6 is 0 Å². The normalized spacial score (nSPS) is 9.95. The molecule has 98 valence electrons. The smallest absolute Gasteiger partial charge is 0.356 e. The maximum absolute atomic E-state index is 10.8. The van der Waals surface area contributed by atoms with Crippen LogP contribution in [0.1, 0.15) is 17.4 Å². The number of ether oxygens (including phenoxy) is 1. The molecule has 2 aromatic rings. The van der Waals surface area contributed by atoms with Gasteiger partial charge in [0, 0.05) is 5.69 Å². The molecule has 2 rings (SSSR count). The van der Waals surface area contributed by atoms with Gasteiger partial charge in [-0.1, -0.05) is 0 Å². The number of rotatable bonds is 5. The number of aromatic carboxylic acids is 1. The number of anilines is 2. The van der Waals surface area contributed by atoms with Gasteiger partial charge in [-0.05, 0) is 31.2 Å². The summed E-state index contributed by atoms with van der Waals surface area (Å²) >= 11 is 0. The van der Waals surface area contributed by atoms with Crippen LogP contribution in [-0.2, 0) is 0 Å². The number of hydrogen-bond donors (Lipinski definition) is 2. The third kappa shape index (κ3) is 3.41. The number of carbonyl (C=O) groups is 1. The maximum atomic E-state index is 10.8. The number of carboxylic acids is 1. The molecule has 1 heterocycles. The molecule has 6 nitrogen and oxygen atoms in total. The maximum Gasteiger partial charge on any atom is 0.356 e. The van der Waals surface area contributed by atoms with E-state index < -0.39 is 5.97 Å². The van der Waals surface area contributed by atoms with Gasteiger partial charge in [-0.3, -0.25) is 4.98 Å². The largest absolute Gasteiger partial charge is 0.494 e. The highest BCUT2D eigenvalue weighted by molar-refractivity contribution is 5.85. The fourth-order valence-electron chi connectivity index (χ4n) is 1.48. The van der Waals surface area contributed by atoms with Crippen LogP contribution in [0, 0.1) is 0 Å². The monoisotopic (exact) mass is 259 g/mol. The van der Waals surface area contributed by atoms with Crippen LogP contribution in [0.25, 0.3) is 0 Å². The average molecular weight is 259 g/mol. The zero-order valence-corrected chi connectivity index (χ0v) is 10.3. The third-order valence-corrected chi connectivity index (χ3v) is 2.29. The molecule has 0 aliphatic carbocycles. The van der Waals surface area contributed by atoms with Crippen molar-refractivity contribution in [3.05, 3.63) is 42.4 Å². The Hall–Kier alpha value is -2.63. The molecule has 0 saturated carbocycles. The second kappa shape index (κ2) is 5.81. The van der Waals surface area contributed by atoms with Gasteiger partial charge < -0.3 is 15.2 Å². The topological polar surface area (TPSA) is 84.3 Å². The zero-order chi connectivity index (χ0) is 13.7. The van der Waals surface area contributed by atoms with Crippen LogP contribution in [0.3, 0.4) is 0 Å². The van der Waals surface area contributed by atoms with Crippen molar-refractivity contribution in [2.75, 3.05) is 11.9 Å². The van der Waals surface area contributed by atoms with Crippen molar-refractivity contribution in [2.45, 2.75) is 6.92 Å². The molecule has 19 heavy (non-hydrogen) atoms. The van der Waals surface area contributed by atoms with E-state index in [1.54, 1.807) is 0 Å². The van der Waals surface area contributed by atoms with Crippen molar-refractivity contribution >= 4 is 17.5 Å². The lowest BCUT2D eigenvalue weighted by atomic mass is 10.3. The predicted octanol–water partition coefficient (Wildman–Crippen LogP) is 2.32. The standard InChI is InChI=1S/C13H13N3O3/c1-2-19-10-5-3-9(4-6-10)15-12-8-14-7-11(16-12)13(17)18/h3-8H,2H2,1H3,(H,15,16)(H,17,18). The molecule has 1 aromatic heterocycles. The minimum absolute atomic E-state index is 0.101. The first-order valence-electron chi connectivity index (χ1n) is 5.74.